The highest BCUT2D eigenvalue weighted by Crippen LogP contribution is 2.24. The van der Waals surface area contributed by atoms with Crippen LogP contribution in [0.15, 0.2) is 66.9 Å². The van der Waals surface area contributed by atoms with Crippen LogP contribution in [0.5, 0.6) is 0 Å². The Morgan fingerprint density at radius 1 is 1.00 bits per heavy atom. The number of benzene rings is 2. The van der Waals surface area contributed by atoms with E-state index in [0.29, 0.717) is 12.8 Å². The molecule has 110 valence electrons. The van der Waals surface area contributed by atoms with E-state index in [2.05, 4.69) is 0 Å². The molecule has 1 aromatic heterocycles. The predicted octanol–water partition coefficient (Wildman–Crippen LogP) is 2.96. The van der Waals surface area contributed by atoms with Crippen LogP contribution in [0.4, 0.5) is 0 Å². The SMILES string of the molecule is NC(=O)CCc1cn(-c2ccccc2)nc1-c1ccccc1. The minimum atomic E-state index is -0.300. The van der Waals surface area contributed by atoms with Gasteiger partial charge in [0.2, 0.25) is 5.91 Å². The number of hydrogen-bond donors (Lipinski definition) is 1. The van der Waals surface area contributed by atoms with Crippen molar-refractivity contribution in [1.29, 1.82) is 0 Å². The monoisotopic (exact) mass is 291 g/mol. The smallest absolute Gasteiger partial charge is 0.217 e. The Hall–Kier alpha value is -2.88. The number of carbonyl (C=O) groups is 1. The van der Waals surface area contributed by atoms with Crippen LogP contribution in [0.2, 0.25) is 0 Å². The summed E-state index contributed by atoms with van der Waals surface area (Å²) in [6.07, 6.45) is 2.88. The summed E-state index contributed by atoms with van der Waals surface area (Å²) in [5.41, 5.74) is 9.23. The lowest BCUT2D eigenvalue weighted by Gasteiger charge is -2.01. The Morgan fingerprint density at radius 2 is 1.64 bits per heavy atom. The fraction of sp³-hybridized carbons (Fsp3) is 0.111. The molecule has 0 unspecified atom stereocenters. The second kappa shape index (κ2) is 6.26. The summed E-state index contributed by atoms with van der Waals surface area (Å²) in [5.74, 6) is -0.300. The van der Waals surface area contributed by atoms with Crippen molar-refractivity contribution in [1.82, 2.24) is 9.78 Å². The van der Waals surface area contributed by atoms with Gasteiger partial charge in [-0.2, -0.15) is 5.10 Å². The number of nitrogens with zero attached hydrogens (tertiary/aromatic N) is 2. The van der Waals surface area contributed by atoms with Crippen LogP contribution in [0.1, 0.15) is 12.0 Å². The summed E-state index contributed by atoms with van der Waals surface area (Å²) in [7, 11) is 0. The van der Waals surface area contributed by atoms with Crippen LogP contribution in [-0.2, 0) is 11.2 Å². The van der Waals surface area contributed by atoms with E-state index >= 15 is 0 Å². The van der Waals surface area contributed by atoms with Crippen molar-refractivity contribution in [3.05, 3.63) is 72.4 Å². The molecule has 0 saturated carbocycles. The van der Waals surface area contributed by atoms with Gasteiger partial charge in [0.25, 0.3) is 0 Å². The molecule has 3 aromatic rings. The zero-order chi connectivity index (χ0) is 15.4. The van der Waals surface area contributed by atoms with Gasteiger partial charge in [-0.25, -0.2) is 4.68 Å². The van der Waals surface area contributed by atoms with Gasteiger partial charge in [-0.05, 0) is 24.1 Å². The van der Waals surface area contributed by atoms with Gasteiger partial charge in [0.05, 0.1) is 11.4 Å². The van der Waals surface area contributed by atoms with Crippen LogP contribution in [-0.4, -0.2) is 15.7 Å². The maximum Gasteiger partial charge on any atom is 0.217 e. The first-order valence-corrected chi connectivity index (χ1v) is 7.22. The van der Waals surface area contributed by atoms with Crippen molar-refractivity contribution in [3.8, 4) is 16.9 Å². The summed E-state index contributed by atoms with van der Waals surface area (Å²) in [5, 5.41) is 4.69. The third-order valence-electron chi connectivity index (χ3n) is 3.50. The summed E-state index contributed by atoms with van der Waals surface area (Å²) < 4.78 is 1.85. The number of para-hydroxylation sites is 1. The number of aryl methyl sites for hydroxylation is 1. The molecular formula is C18H17N3O. The average molecular weight is 291 g/mol. The molecule has 1 amide bonds. The van der Waals surface area contributed by atoms with Crippen LogP contribution in [0, 0.1) is 0 Å². The molecule has 0 spiro atoms. The van der Waals surface area contributed by atoms with Crippen LogP contribution in [0.25, 0.3) is 16.9 Å². The minimum Gasteiger partial charge on any atom is -0.370 e. The molecule has 0 radical (unpaired) electrons. The second-order valence-corrected chi connectivity index (χ2v) is 5.12. The normalized spacial score (nSPS) is 10.5. The summed E-state index contributed by atoms with van der Waals surface area (Å²) in [6.45, 7) is 0. The van der Waals surface area contributed by atoms with Crippen molar-refractivity contribution in [2.75, 3.05) is 0 Å². The van der Waals surface area contributed by atoms with E-state index in [9.17, 15) is 4.79 Å². The Morgan fingerprint density at radius 3 is 2.27 bits per heavy atom. The summed E-state index contributed by atoms with van der Waals surface area (Å²) in [4.78, 5) is 11.1. The lowest BCUT2D eigenvalue weighted by atomic mass is 10.0. The first-order chi connectivity index (χ1) is 10.7. The molecule has 0 saturated heterocycles. The molecule has 22 heavy (non-hydrogen) atoms. The lowest BCUT2D eigenvalue weighted by Crippen LogP contribution is -2.11. The Bertz CT molecular complexity index is 764. The molecule has 0 aliphatic carbocycles. The number of carbonyl (C=O) groups excluding carboxylic acids is 1. The van der Waals surface area contributed by atoms with E-state index in [-0.39, 0.29) is 5.91 Å². The molecule has 4 nitrogen and oxygen atoms in total. The molecule has 0 fully saturated rings. The number of primary amides is 1. The highest BCUT2D eigenvalue weighted by molar-refractivity contribution is 5.74. The van der Waals surface area contributed by atoms with Crippen molar-refractivity contribution < 1.29 is 4.79 Å². The Balaban J connectivity index is 2.03. The zero-order valence-electron chi connectivity index (χ0n) is 12.1. The maximum atomic E-state index is 11.1. The maximum absolute atomic E-state index is 11.1. The third-order valence-corrected chi connectivity index (χ3v) is 3.50. The van der Waals surface area contributed by atoms with E-state index in [1.165, 1.54) is 0 Å². The molecule has 4 heteroatoms. The fourth-order valence-electron chi connectivity index (χ4n) is 2.40. The fourth-order valence-corrected chi connectivity index (χ4v) is 2.40. The largest absolute Gasteiger partial charge is 0.370 e. The van der Waals surface area contributed by atoms with Crippen LogP contribution >= 0.6 is 0 Å². The molecule has 2 N–H and O–H groups in total. The quantitative estimate of drug-likeness (QED) is 0.785. The molecule has 0 aliphatic heterocycles. The van der Waals surface area contributed by atoms with E-state index in [0.717, 1.165) is 22.5 Å². The number of hydrogen-bond acceptors (Lipinski definition) is 2. The van der Waals surface area contributed by atoms with Crippen molar-refractivity contribution >= 4 is 5.91 Å². The first kappa shape index (κ1) is 14.1. The van der Waals surface area contributed by atoms with Gasteiger partial charge in [-0.15, -0.1) is 0 Å². The first-order valence-electron chi connectivity index (χ1n) is 7.22. The van der Waals surface area contributed by atoms with E-state index in [4.69, 9.17) is 10.8 Å². The molecule has 3 rings (SSSR count). The number of amides is 1. The second-order valence-electron chi connectivity index (χ2n) is 5.12. The molecule has 0 aliphatic rings. The van der Waals surface area contributed by atoms with Crippen molar-refractivity contribution in [3.63, 3.8) is 0 Å². The molecule has 0 atom stereocenters. The van der Waals surface area contributed by atoms with Gasteiger partial charge in [0.1, 0.15) is 0 Å². The standard InChI is InChI=1S/C18H17N3O/c19-17(22)12-11-15-13-21(16-9-5-2-6-10-16)20-18(15)14-7-3-1-4-8-14/h1-10,13H,11-12H2,(H2,19,22). The zero-order valence-corrected chi connectivity index (χ0v) is 12.1. The van der Waals surface area contributed by atoms with Gasteiger partial charge in [0.15, 0.2) is 0 Å². The Labute approximate surface area is 129 Å². The van der Waals surface area contributed by atoms with Gasteiger partial charge in [-0.1, -0.05) is 48.5 Å². The minimum absolute atomic E-state index is 0.300. The molecule has 2 aromatic carbocycles. The molecule has 1 heterocycles. The van der Waals surface area contributed by atoms with Gasteiger partial charge in [0, 0.05) is 18.2 Å². The molecule has 0 bridgehead atoms. The van der Waals surface area contributed by atoms with Gasteiger partial charge in [-0.3, -0.25) is 4.79 Å². The highest BCUT2D eigenvalue weighted by Gasteiger charge is 2.12. The summed E-state index contributed by atoms with van der Waals surface area (Å²) in [6, 6.07) is 19.9. The van der Waals surface area contributed by atoms with E-state index < -0.39 is 0 Å². The van der Waals surface area contributed by atoms with Crippen LogP contribution in [0.3, 0.4) is 0 Å². The topological polar surface area (TPSA) is 60.9 Å². The number of rotatable bonds is 5. The van der Waals surface area contributed by atoms with Crippen molar-refractivity contribution in [2.24, 2.45) is 5.73 Å². The molecular weight excluding hydrogens is 274 g/mol. The third kappa shape index (κ3) is 3.06. The van der Waals surface area contributed by atoms with E-state index in [1.807, 2.05) is 71.5 Å². The Kier molecular flexibility index (Phi) is 4.01. The highest BCUT2D eigenvalue weighted by atomic mass is 16.1. The number of nitrogens with two attached hydrogens (primary N) is 1. The van der Waals surface area contributed by atoms with Gasteiger partial charge < -0.3 is 5.73 Å². The van der Waals surface area contributed by atoms with Crippen LogP contribution < -0.4 is 5.73 Å². The van der Waals surface area contributed by atoms with Gasteiger partial charge >= 0.3 is 0 Å². The van der Waals surface area contributed by atoms with E-state index in [1.54, 1.807) is 0 Å². The summed E-state index contributed by atoms with van der Waals surface area (Å²) >= 11 is 0. The average Bonchev–Trinajstić information content (AvgIpc) is 2.99. The van der Waals surface area contributed by atoms with Crippen molar-refractivity contribution in [2.45, 2.75) is 12.8 Å². The lowest BCUT2D eigenvalue weighted by molar-refractivity contribution is -0.117. The number of aromatic nitrogens is 2. The predicted molar refractivity (Wildman–Crippen MR) is 86.5 cm³/mol.